The van der Waals surface area contributed by atoms with Crippen molar-refractivity contribution in [1.82, 2.24) is 0 Å². The van der Waals surface area contributed by atoms with Gasteiger partial charge >= 0.3 is 39.5 Å². The van der Waals surface area contributed by atoms with Gasteiger partial charge in [0.2, 0.25) is 0 Å². The molecule has 0 fully saturated rings. The van der Waals surface area contributed by atoms with Crippen molar-refractivity contribution in [3.63, 3.8) is 0 Å². The molecule has 0 heterocycles. The topological polar surface area (TPSA) is 237 Å². The lowest BCUT2D eigenvalue weighted by molar-refractivity contribution is -0.161. The average molecular weight is 1580 g/mol. The third-order valence-electron chi connectivity index (χ3n) is 21.0. The number of hydrogen-bond donors (Lipinski definition) is 3. The average Bonchev–Trinajstić information content (AvgIpc) is 0.901. The van der Waals surface area contributed by atoms with Crippen molar-refractivity contribution in [1.29, 1.82) is 0 Å². The van der Waals surface area contributed by atoms with Gasteiger partial charge in [-0.3, -0.25) is 37.3 Å². The summed E-state index contributed by atoms with van der Waals surface area (Å²) >= 11 is 0. The molecule has 0 rings (SSSR count). The van der Waals surface area contributed by atoms with Gasteiger partial charge in [-0.05, 0) is 37.5 Å². The number of ether oxygens (including phenoxy) is 4. The highest BCUT2D eigenvalue weighted by Crippen LogP contribution is 2.45. The summed E-state index contributed by atoms with van der Waals surface area (Å²) in [5, 5.41) is 10.7. The predicted octanol–water partition coefficient (Wildman–Crippen LogP) is 27.4. The molecule has 2 unspecified atom stereocenters. The van der Waals surface area contributed by atoms with Crippen LogP contribution in [0, 0.1) is 11.8 Å². The molecule has 642 valence electrons. The molecule has 0 aliphatic carbocycles. The van der Waals surface area contributed by atoms with Crippen LogP contribution in [-0.4, -0.2) is 96.7 Å². The van der Waals surface area contributed by atoms with Gasteiger partial charge < -0.3 is 33.8 Å². The van der Waals surface area contributed by atoms with Gasteiger partial charge in [0, 0.05) is 25.7 Å². The Balaban J connectivity index is 5.21. The van der Waals surface area contributed by atoms with Gasteiger partial charge in [0.25, 0.3) is 0 Å². The smallest absolute Gasteiger partial charge is 0.462 e. The Hall–Kier alpha value is -1.94. The molecule has 19 heteroatoms. The number of aliphatic hydroxyl groups excluding tert-OH is 1. The van der Waals surface area contributed by atoms with Gasteiger partial charge in [-0.25, -0.2) is 9.13 Å². The maximum Gasteiger partial charge on any atom is 0.472 e. The van der Waals surface area contributed by atoms with E-state index in [9.17, 15) is 43.2 Å². The van der Waals surface area contributed by atoms with E-state index in [1.165, 1.54) is 295 Å². The number of hydrogen-bond acceptors (Lipinski definition) is 15. The summed E-state index contributed by atoms with van der Waals surface area (Å²) in [5.74, 6) is -0.550. The molecule has 0 aliphatic rings. The van der Waals surface area contributed by atoms with E-state index in [1.807, 2.05) is 0 Å². The summed E-state index contributed by atoms with van der Waals surface area (Å²) in [7, 11) is -9.93. The fourth-order valence-electron chi connectivity index (χ4n) is 14.0. The molecule has 0 aromatic carbocycles. The van der Waals surface area contributed by atoms with E-state index in [4.69, 9.17) is 37.0 Å². The minimum absolute atomic E-state index is 0.108. The van der Waals surface area contributed by atoms with Gasteiger partial charge in [-0.1, -0.05) is 427 Å². The van der Waals surface area contributed by atoms with Crippen LogP contribution in [0.2, 0.25) is 0 Å². The molecule has 108 heavy (non-hydrogen) atoms. The highest BCUT2D eigenvalue weighted by atomic mass is 31.2. The van der Waals surface area contributed by atoms with Crippen LogP contribution in [-0.2, 0) is 65.4 Å². The number of unbranched alkanes of at least 4 members (excludes halogenated alkanes) is 58. The van der Waals surface area contributed by atoms with Crippen LogP contribution in [0.15, 0.2) is 0 Å². The second-order valence-electron chi connectivity index (χ2n) is 32.9. The minimum atomic E-state index is -4.97. The summed E-state index contributed by atoms with van der Waals surface area (Å²) in [5.41, 5.74) is 0. The lowest BCUT2D eigenvalue weighted by Gasteiger charge is -2.21. The molecule has 0 saturated carbocycles. The Labute approximate surface area is 664 Å². The number of carbonyl (C=O) groups is 4. The Morgan fingerprint density at radius 3 is 0.630 bits per heavy atom. The van der Waals surface area contributed by atoms with Gasteiger partial charge in [-0.2, -0.15) is 0 Å². The van der Waals surface area contributed by atoms with Gasteiger partial charge in [0.05, 0.1) is 26.4 Å². The van der Waals surface area contributed by atoms with Crippen molar-refractivity contribution in [3.8, 4) is 0 Å². The van der Waals surface area contributed by atoms with Crippen molar-refractivity contribution < 1.29 is 80.2 Å². The normalized spacial score (nSPS) is 13.8. The third kappa shape index (κ3) is 82.1. The second kappa shape index (κ2) is 80.3. The summed E-state index contributed by atoms with van der Waals surface area (Å²) in [6.45, 7) is 9.69. The van der Waals surface area contributed by atoms with E-state index in [1.54, 1.807) is 0 Å². The lowest BCUT2D eigenvalue weighted by Crippen LogP contribution is -2.30. The molecule has 5 atom stereocenters. The van der Waals surface area contributed by atoms with Gasteiger partial charge in [0.1, 0.15) is 19.3 Å². The van der Waals surface area contributed by atoms with Crippen LogP contribution >= 0.6 is 15.6 Å². The zero-order valence-corrected chi connectivity index (χ0v) is 73.0. The number of aliphatic hydroxyl groups is 1. The SMILES string of the molecule is CCCCCCCCCCCCCCCCCCCCCCCCC(=O)O[C@H](COC(=O)CCCCCCCCCCCCCCCCCCCCC(C)C)COP(=O)(O)OC[C@@H](O)COP(=O)(O)OC[C@@H](COC(=O)CCCCCCCCCCC(C)C)OC(=O)CCCCCCCCCCCCCCCC. The summed E-state index contributed by atoms with van der Waals surface area (Å²) in [4.78, 5) is 73.3. The zero-order valence-electron chi connectivity index (χ0n) is 71.2. The largest absolute Gasteiger partial charge is 0.472 e. The number of phosphoric ester groups is 2. The van der Waals surface area contributed by atoms with Crippen LogP contribution in [0.5, 0.6) is 0 Å². The van der Waals surface area contributed by atoms with Crippen LogP contribution in [0.4, 0.5) is 0 Å². The second-order valence-corrected chi connectivity index (χ2v) is 35.8. The Bertz CT molecular complexity index is 2060. The first-order valence-corrected chi connectivity index (χ1v) is 49.0. The van der Waals surface area contributed by atoms with Crippen LogP contribution < -0.4 is 0 Å². The molecular formula is C89H174O17P2. The number of carbonyl (C=O) groups excluding carboxylic acids is 4. The maximum absolute atomic E-state index is 13.2. The highest BCUT2D eigenvalue weighted by molar-refractivity contribution is 7.47. The third-order valence-corrected chi connectivity index (χ3v) is 22.9. The van der Waals surface area contributed by atoms with E-state index in [2.05, 4.69) is 41.5 Å². The van der Waals surface area contributed by atoms with E-state index in [0.717, 1.165) is 102 Å². The number of rotatable bonds is 88. The monoisotopic (exact) mass is 1580 g/mol. The van der Waals surface area contributed by atoms with Crippen molar-refractivity contribution in [3.05, 3.63) is 0 Å². The first-order valence-electron chi connectivity index (χ1n) is 46.0. The molecule has 17 nitrogen and oxygen atoms in total. The summed E-state index contributed by atoms with van der Waals surface area (Å²) in [6, 6.07) is 0. The zero-order chi connectivity index (χ0) is 79.2. The van der Waals surface area contributed by atoms with Gasteiger partial charge in [0.15, 0.2) is 12.2 Å². The number of esters is 4. The van der Waals surface area contributed by atoms with Crippen LogP contribution in [0.25, 0.3) is 0 Å². The quantitative estimate of drug-likeness (QED) is 0.0222. The van der Waals surface area contributed by atoms with Crippen molar-refractivity contribution in [2.75, 3.05) is 39.6 Å². The maximum atomic E-state index is 13.2. The highest BCUT2D eigenvalue weighted by Gasteiger charge is 2.31. The summed E-state index contributed by atoms with van der Waals surface area (Å²) < 4.78 is 69.0. The standard InChI is InChI=1S/C89H174O17P2/c1-7-9-11-13-15-17-19-21-23-24-25-26-27-28-33-36-40-44-48-56-62-68-74-89(94)105-84(77-99-86(91)71-65-59-53-46-42-39-35-32-30-29-31-34-37-41-45-51-57-63-69-81(3)4)79-103-107(95,96)101-75-83(90)76-102-108(97,98)104-80-85(78-100-87(92)72-66-60-54-50-49-52-58-64-70-82(5)6)106-88(93)73-67-61-55-47-43-38-22-20-18-16-14-12-10-8-2/h81-85,90H,7-80H2,1-6H3,(H,95,96)(H,97,98)/t83-,84-,85-/m1/s1. The van der Waals surface area contributed by atoms with E-state index in [0.29, 0.717) is 25.7 Å². The molecular weight excluding hydrogens is 1400 g/mol. The van der Waals surface area contributed by atoms with Gasteiger partial charge in [-0.15, -0.1) is 0 Å². The molecule has 0 amide bonds. The Kier molecular flexibility index (Phi) is 78.8. The van der Waals surface area contributed by atoms with Crippen LogP contribution in [0.3, 0.4) is 0 Å². The minimum Gasteiger partial charge on any atom is -0.462 e. The van der Waals surface area contributed by atoms with Crippen molar-refractivity contribution in [2.24, 2.45) is 11.8 Å². The van der Waals surface area contributed by atoms with E-state index < -0.39 is 97.5 Å². The fourth-order valence-corrected chi connectivity index (χ4v) is 15.5. The molecule has 0 aromatic rings. The molecule has 0 aromatic heterocycles. The molecule has 0 spiro atoms. The van der Waals surface area contributed by atoms with E-state index in [-0.39, 0.29) is 25.7 Å². The first kappa shape index (κ1) is 106. The molecule has 0 saturated heterocycles. The fraction of sp³-hybridized carbons (Fsp3) is 0.955. The summed E-state index contributed by atoms with van der Waals surface area (Å²) in [6.07, 6.45) is 73.8. The van der Waals surface area contributed by atoms with Crippen LogP contribution in [0.1, 0.15) is 478 Å². The lowest BCUT2D eigenvalue weighted by atomic mass is 10.0. The van der Waals surface area contributed by atoms with Crippen molar-refractivity contribution in [2.45, 2.75) is 496 Å². The molecule has 3 N–H and O–H groups in total. The number of phosphoric acid groups is 2. The Morgan fingerprint density at radius 2 is 0.426 bits per heavy atom. The van der Waals surface area contributed by atoms with Crippen molar-refractivity contribution >= 4 is 39.5 Å². The predicted molar refractivity (Wildman–Crippen MR) is 446 cm³/mol. The first-order chi connectivity index (χ1) is 52.4. The molecule has 0 aliphatic heterocycles. The van der Waals surface area contributed by atoms with E-state index >= 15 is 0 Å². The molecule has 0 radical (unpaired) electrons. The molecule has 0 bridgehead atoms. The Morgan fingerprint density at radius 1 is 0.250 bits per heavy atom.